The van der Waals surface area contributed by atoms with Crippen LogP contribution in [0.1, 0.15) is 31.9 Å². The summed E-state index contributed by atoms with van der Waals surface area (Å²) in [6, 6.07) is 13.2. The summed E-state index contributed by atoms with van der Waals surface area (Å²) in [6.45, 7) is 7.45. The Hall–Kier alpha value is -3.78. The number of nitrogens with zero attached hydrogens (tertiary/aromatic N) is 2. The number of carbonyl (C=O) groups is 2. The third-order valence-corrected chi connectivity index (χ3v) is 6.60. The highest BCUT2D eigenvalue weighted by Crippen LogP contribution is 2.28. The van der Waals surface area contributed by atoms with Crippen LogP contribution in [0.4, 0.5) is 11.4 Å². The minimum absolute atomic E-state index is 0.172. The molecule has 2 aromatic carbocycles. The van der Waals surface area contributed by atoms with Gasteiger partial charge < -0.3 is 10.6 Å². The highest BCUT2D eigenvalue weighted by atomic mass is 32.1. The molecule has 0 aliphatic carbocycles. The Bertz CT molecular complexity index is 1430. The molecule has 4 rings (SSSR count). The van der Waals surface area contributed by atoms with Crippen molar-refractivity contribution in [3.63, 3.8) is 0 Å². The summed E-state index contributed by atoms with van der Waals surface area (Å²) >= 11 is 1.17. The van der Waals surface area contributed by atoms with Crippen LogP contribution in [-0.2, 0) is 11.3 Å². The minimum Gasteiger partial charge on any atom is -0.325 e. The van der Waals surface area contributed by atoms with Crippen LogP contribution in [0.3, 0.4) is 0 Å². The van der Waals surface area contributed by atoms with E-state index in [1.54, 1.807) is 19.1 Å². The molecule has 0 radical (unpaired) electrons. The van der Waals surface area contributed by atoms with Gasteiger partial charge in [-0.1, -0.05) is 35.4 Å². The molecule has 2 N–H and O–H groups in total. The van der Waals surface area contributed by atoms with Crippen molar-refractivity contribution in [2.75, 3.05) is 10.6 Å². The number of nitrogens with one attached hydrogen (secondary N) is 2. The van der Waals surface area contributed by atoms with E-state index in [4.69, 9.17) is 0 Å². The lowest BCUT2D eigenvalue weighted by Gasteiger charge is -2.09. The lowest BCUT2D eigenvalue weighted by molar-refractivity contribution is -0.116. The van der Waals surface area contributed by atoms with E-state index in [2.05, 4.69) is 15.6 Å². The number of amides is 2. The Labute approximate surface area is 195 Å². The maximum absolute atomic E-state index is 13.1. The van der Waals surface area contributed by atoms with Crippen molar-refractivity contribution in [3.8, 4) is 0 Å². The van der Waals surface area contributed by atoms with Crippen LogP contribution in [0, 0.1) is 27.7 Å². The predicted octanol–water partition coefficient (Wildman–Crippen LogP) is 4.58. The van der Waals surface area contributed by atoms with Gasteiger partial charge in [0.25, 0.3) is 11.5 Å². The zero-order valence-electron chi connectivity index (χ0n) is 18.9. The SMILES string of the molecule is Cc1ccc(NC(=O)Cn2cnc3sc(C(=O)Nc4ccc(C)cc4C)c(C)c3c2=O)cc1. The molecule has 168 valence electrons. The maximum atomic E-state index is 13.1. The third kappa shape index (κ3) is 4.70. The Morgan fingerprint density at radius 1 is 0.970 bits per heavy atom. The second-order valence-electron chi connectivity index (χ2n) is 8.10. The summed E-state index contributed by atoms with van der Waals surface area (Å²) in [7, 11) is 0. The molecule has 33 heavy (non-hydrogen) atoms. The lowest BCUT2D eigenvalue weighted by Crippen LogP contribution is -2.28. The van der Waals surface area contributed by atoms with E-state index in [9.17, 15) is 14.4 Å². The van der Waals surface area contributed by atoms with Crippen LogP contribution in [0.15, 0.2) is 53.6 Å². The summed E-state index contributed by atoms with van der Waals surface area (Å²) in [6.07, 6.45) is 1.35. The molecular weight excluding hydrogens is 436 g/mol. The third-order valence-electron chi connectivity index (χ3n) is 5.40. The number of aromatic nitrogens is 2. The molecule has 8 heteroatoms. The van der Waals surface area contributed by atoms with Gasteiger partial charge in [-0.3, -0.25) is 19.0 Å². The van der Waals surface area contributed by atoms with E-state index in [0.717, 1.165) is 22.4 Å². The Morgan fingerprint density at radius 3 is 2.36 bits per heavy atom. The molecule has 2 heterocycles. The molecule has 0 bridgehead atoms. The van der Waals surface area contributed by atoms with E-state index in [1.165, 1.54) is 22.2 Å². The van der Waals surface area contributed by atoms with E-state index < -0.39 is 0 Å². The van der Waals surface area contributed by atoms with Gasteiger partial charge in [0.1, 0.15) is 11.4 Å². The molecule has 0 saturated heterocycles. The molecule has 0 unspecified atom stereocenters. The fraction of sp³-hybridized carbons (Fsp3) is 0.200. The molecule has 0 atom stereocenters. The van der Waals surface area contributed by atoms with Crippen LogP contribution in [-0.4, -0.2) is 21.4 Å². The smallest absolute Gasteiger partial charge is 0.266 e. The summed E-state index contributed by atoms with van der Waals surface area (Å²) < 4.78 is 1.26. The number of fused-ring (bicyclic) bond motifs is 1. The van der Waals surface area contributed by atoms with Crippen LogP contribution >= 0.6 is 11.3 Å². The maximum Gasteiger partial charge on any atom is 0.266 e. The van der Waals surface area contributed by atoms with Gasteiger partial charge in [0.2, 0.25) is 5.91 Å². The van der Waals surface area contributed by atoms with E-state index in [-0.39, 0.29) is 23.9 Å². The molecular formula is C25H24N4O3S. The fourth-order valence-electron chi connectivity index (χ4n) is 3.61. The van der Waals surface area contributed by atoms with Crippen LogP contribution < -0.4 is 16.2 Å². The molecule has 2 amide bonds. The molecule has 4 aromatic rings. The highest BCUT2D eigenvalue weighted by Gasteiger charge is 2.20. The van der Waals surface area contributed by atoms with Gasteiger partial charge in [-0.2, -0.15) is 0 Å². The van der Waals surface area contributed by atoms with Gasteiger partial charge in [0.15, 0.2) is 0 Å². The van der Waals surface area contributed by atoms with E-state index >= 15 is 0 Å². The van der Waals surface area contributed by atoms with Gasteiger partial charge >= 0.3 is 0 Å². The van der Waals surface area contributed by atoms with E-state index in [1.807, 2.05) is 51.1 Å². The number of rotatable bonds is 5. The first kappa shape index (κ1) is 22.4. The van der Waals surface area contributed by atoms with Gasteiger partial charge in [-0.25, -0.2) is 4.98 Å². The zero-order valence-corrected chi connectivity index (χ0v) is 19.7. The van der Waals surface area contributed by atoms with Crippen molar-refractivity contribution in [1.82, 2.24) is 9.55 Å². The normalized spacial score (nSPS) is 10.9. The summed E-state index contributed by atoms with van der Waals surface area (Å²) in [5, 5.41) is 6.06. The number of benzene rings is 2. The first-order valence-electron chi connectivity index (χ1n) is 10.5. The van der Waals surface area contributed by atoms with Gasteiger partial charge in [-0.05, 0) is 57.0 Å². The standard InChI is InChI=1S/C25H24N4O3S/c1-14-5-8-18(9-6-14)27-20(30)12-29-13-26-24-21(25(29)32)17(4)22(33-24)23(31)28-19-10-7-15(2)11-16(19)3/h5-11,13H,12H2,1-4H3,(H,27,30)(H,28,31). The van der Waals surface area contributed by atoms with Crippen molar-refractivity contribution >= 4 is 44.7 Å². The molecule has 0 fully saturated rings. The molecule has 0 spiro atoms. The summed E-state index contributed by atoms with van der Waals surface area (Å²) in [5.41, 5.74) is 4.75. The van der Waals surface area contributed by atoms with Crippen LogP contribution in [0.5, 0.6) is 0 Å². The zero-order chi connectivity index (χ0) is 23.7. The number of aryl methyl sites for hydroxylation is 4. The topological polar surface area (TPSA) is 93.1 Å². The molecule has 0 aliphatic heterocycles. The Kier molecular flexibility index (Phi) is 6.11. The molecule has 2 aromatic heterocycles. The minimum atomic E-state index is -0.349. The largest absolute Gasteiger partial charge is 0.325 e. The average molecular weight is 461 g/mol. The number of thiophene rings is 1. The Morgan fingerprint density at radius 2 is 1.67 bits per heavy atom. The Balaban J connectivity index is 1.58. The quantitative estimate of drug-likeness (QED) is 0.456. The second-order valence-corrected chi connectivity index (χ2v) is 9.10. The van der Waals surface area contributed by atoms with Crippen molar-refractivity contribution in [2.24, 2.45) is 0 Å². The van der Waals surface area contributed by atoms with Gasteiger partial charge in [-0.15, -0.1) is 11.3 Å². The first-order chi connectivity index (χ1) is 15.7. The summed E-state index contributed by atoms with van der Waals surface area (Å²) in [4.78, 5) is 43.7. The predicted molar refractivity (Wildman–Crippen MR) is 132 cm³/mol. The van der Waals surface area contributed by atoms with Gasteiger partial charge in [0, 0.05) is 11.4 Å². The molecule has 7 nitrogen and oxygen atoms in total. The van der Waals surface area contributed by atoms with Crippen molar-refractivity contribution in [2.45, 2.75) is 34.2 Å². The van der Waals surface area contributed by atoms with Crippen molar-refractivity contribution in [1.29, 1.82) is 0 Å². The second kappa shape index (κ2) is 8.99. The first-order valence-corrected chi connectivity index (χ1v) is 11.3. The van der Waals surface area contributed by atoms with E-state index in [0.29, 0.717) is 26.3 Å². The number of hydrogen-bond donors (Lipinski definition) is 2. The highest BCUT2D eigenvalue weighted by molar-refractivity contribution is 7.20. The number of hydrogen-bond acceptors (Lipinski definition) is 5. The van der Waals surface area contributed by atoms with Crippen molar-refractivity contribution in [3.05, 3.63) is 86.3 Å². The van der Waals surface area contributed by atoms with Gasteiger partial charge in [0.05, 0.1) is 16.6 Å². The van der Waals surface area contributed by atoms with Crippen molar-refractivity contribution < 1.29 is 9.59 Å². The molecule has 0 aliphatic rings. The van der Waals surface area contributed by atoms with Crippen LogP contribution in [0.2, 0.25) is 0 Å². The van der Waals surface area contributed by atoms with Crippen LogP contribution in [0.25, 0.3) is 10.2 Å². The number of anilines is 2. The lowest BCUT2D eigenvalue weighted by atomic mass is 10.1. The summed E-state index contributed by atoms with van der Waals surface area (Å²) in [5.74, 6) is -0.617. The fourth-order valence-corrected chi connectivity index (χ4v) is 4.65. The average Bonchev–Trinajstić information content (AvgIpc) is 3.11. The monoisotopic (exact) mass is 460 g/mol. The number of carbonyl (C=O) groups excluding carboxylic acids is 2. The molecule has 0 saturated carbocycles.